The molecule has 1 atom stereocenters. The molecule has 0 bridgehead atoms. The van der Waals surface area contributed by atoms with Gasteiger partial charge in [-0.15, -0.1) is 11.3 Å². The summed E-state index contributed by atoms with van der Waals surface area (Å²) in [6, 6.07) is 8.30. The van der Waals surface area contributed by atoms with Crippen molar-refractivity contribution in [3.8, 4) is 0 Å². The van der Waals surface area contributed by atoms with Gasteiger partial charge in [-0.25, -0.2) is 4.79 Å². The van der Waals surface area contributed by atoms with Gasteiger partial charge in [0.05, 0.1) is 30.5 Å². The van der Waals surface area contributed by atoms with Gasteiger partial charge in [-0.05, 0) is 59.7 Å². The largest absolute Gasteiger partial charge is 0.480 e. The average molecular weight is 629 g/mol. The minimum Gasteiger partial charge on any atom is -0.480 e. The van der Waals surface area contributed by atoms with E-state index in [1.54, 1.807) is 40.6 Å². The molecule has 0 saturated carbocycles. The molecule has 4 rings (SSSR count). The molecule has 3 amide bonds. The number of thiophene rings is 1. The molecular formula is C26H21Cl4N3O5S. The molecule has 3 N–H and O–H groups in total. The van der Waals surface area contributed by atoms with Crippen molar-refractivity contribution in [2.75, 3.05) is 13.1 Å². The lowest BCUT2D eigenvalue weighted by molar-refractivity contribution is -0.139. The van der Waals surface area contributed by atoms with Crippen molar-refractivity contribution in [1.82, 2.24) is 15.5 Å². The predicted octanol–water partition coefficient (Wildman–Crippen LogP) is 5.56. The van der Waals surface area contributed by atoms with Crippen molar-refractivity contribution in [3.63, 3.8) is 0 Å². The highest BCUT2D eigenvalue weighted by Crippen LogP contribution is 2.35. The Bertz CT molecular complexity index is 1450. The number of hydrogen-bond acceptors (Lipinski definition) is 5. The highest BCUT2D eigenvalue weighted by molar-refractivity contribution is 7.12. The van der Waals surface area contributed by atoms with E-state index in [0.717, 1.165) is 0 Å². The Morgan fingerprint density at radius 1 is 1.00 bits per heavy atom. The normalized spacial score (nSPS) is 13.4. The lowest BCUT2D eigenvalue weighted by atomic mass is 9.96. The second kappa shape index (κ2) is 12.6. The van der Waals surface area contributed by atoms with Crippen LogP contribution in [0.1, 0.15) is 47.9 Å². The molecule has 1 aliphatic rings. The van der Waals surface area contributed by atoms with E-state index in [-0.39, 0.29) is 52.0 Å². The van der Waals surface area contributed by atoms with E-state index < -0.39 is 17.9 Å². The van der Waals surface area contributed by atoms with Crippen LogP contribution in [0.5, 0.6) is 0 Å². The van der Waals surface area contributed by atoms with Gasteiger partial charge in [-0.3, -0.25) is 14.4 Å². The Hall–Kier alpha value is -2.82. The second-order valence-electron chi connectivity index (χ2n) is 8.68. The molecule has 1 aromatic heterocycles. The van der Waals surface area contributed by atoms with Gasteiger partial charge < -0.3 is 20.6 Å². The quantitative estimate of drug-likeness (QED) is 0.302. The first-order valence-electron chi connectivity index (χ1n) is 11.7. The average Bonchev–Trinajstić information content (AvgIpc) is 3.44. The van der Waals surface area contributed by atoms with E-state index in [9.17, 15) is 24.3 Å². The molecule has 2 heterocycles. The van der Waals surface area contributed by atoms with Crippen LogP contribution in [-0.4, -0.2) is 52.8 Å². The number of rotatable bonds is 8. The number of carboxylic acids is 1. The molecule has 8 nitrogen and oxygen atoms in total. The van der Waals surface area contributed by atoms with Crippen molar-refractivity contribution in [3.05, 3.63) is 89.0 Å². The van der Waals surface area contributed by atoms with Crippen LogP contribution < -0.4 is 10.6 Å². The summed E-state index contributed by atoms with van der Waals surface area (Å²) in [5.41, 5.74) is 1.66. The van der Waals surface area contributed by atoms with Gasteiger partial charge in [-0.2, -0.15) is 0 Å². The van der Waals surface area contributed by atoms with Crippen LogP contribution in [0, 0.1) is 0 Å². The van der Waals surface area contributed by atoms with Gasteiger partial charge >= 0.3 is 5.97 Å². The number of nitrogens with one attached hydrogen (secondary N) is 2. The SMILES string of the molecule is O=C(NCC[C@H](NC(=O)c1c(Cl)cc2c(c1Cl)CCN(C(=O)c1ccc(Cl)c(Cl)c1)C2)C(=O)O)c1cccs1. The van der Waals surface area contributed by atoms with E-state index in [0.29, 0.717) is 39.6 Å². The summed E-state index contributed by atoms with van der Waals surface area (Å²) in [4.78, 5) is 52.1. The number of benzene rings is 2. The number of hydrogen-bond donors (Lipinski definition) is 3. The summed E-state index contributed by atoms with van der Waals surface area (Å²) >= 11 is 26.3. The topological polar surface area (TPSA) is 116 Å². The summed E-state index contributed by atoms with van der Waals surface area (Å²) in [5, 5.41) is 17.2. The van der Waals surface area contributed by atoms with Crippen molar-refractivity contribution < 1.29 is 24.3 Å². The Labute approximate surface area is 247 Å². The molecule has 0 aliphatic carbocycles. The van der Waals surface area contributed by atoms with Crippen molar-refractivity contribution in [2.24, 2.45) is 0 Å². The van der Waals surface area contributed by atoms with Crippen LogP contribution >= 0.6 is 57.7 Å². The molecule has 204 valence electrons. The van der Waals surface area contributed by atoms with Crippen LogP contribution in [0.3, 0.4) is 0 Å². The number of fused-ring (bicyclic) bond motifs is 1. The molecule has 1 aliphatic heterocycles. The highest BCUT2D eigenvalue weighted by atomic mass is 35.5. The standard InChI is InChI=1S/C26H21Cl4N3O5S/c27-16-4-3-13(10-17(16)28)25(36)33-8-6-15-14(12-33)11-18(29)21(22(15)30)24(35)32-19(26(37)38)5-7-31-23(34)20-2-1-9-39-20/h1-4,9-11,19H,5-8,12H2,(H,31,34)(H,32,35)(H,37,38)/t19-/m0/s1. The molecule has 0 spiro atoms. The van der Waals surface area contributed by atoms with Gasteiger partial charge in [0.25, 0.3) is 17.7 Å². The van der Waals surface area contributed by atoms with Crippen LogP contribution in [0.25, 0.3) is 0 Å². The maximum atomic E-state index is 13.1. The highest BCUT2D eigenvalue weighted by Gasteiger charge is 2.29. The van der Waals surface area contributed by atoms with Crippen LogP contribution in [-0.2, 0) is 17.8 Å². The minimum absolute atomic E-state index is 0.0234. The molecule has 13 heteroatoms. The Balaban J connectivity index is 1.45. The van der Waals surface area contributed by atoms with Gasteiger partial charge in [0.2, 0.25) is 0 Å². The molecule has 0 radical (unpaired) electrons. The first-order valence-corrected chi connectivity index (χ1v) is 14.1. The van der Waals surface area contributed by atoms with E-state index in [1.807, 2.05) is 0 Å². The summed E-state index contributed by atoms with van der Waals surface area (Å²) < 4.78 is 0. The lowest BCUT2D eigenvalue weighted by Crippen LogP contribution is -2.43. The first kappa shape index (κ1) is 29.2. The molecule has 2 aromatic carbocycles. The van der Waals surface area contributed by atoms with E-state index in [2.05, 4.69) is 10.6 Å². The third-order valence-corrected chi connectivity index (χ3v) is 8.48. The molecule has 3 aromatic rings. The van der Waals surface area contributed by atoms with Gasteiger partial charge in [-0.1, -0.05) is 52.5 Å². The summed E-state index contributed by atoms with van der Waals surface area (Å²) in [6.45, 7) is 0.565. The fourth-order valence-electron chi connectivity index (χ4n) is 4.16. The zero-order chi connectivity index (χ0) is 28.3. The summed E-state index contributed by atoms with van der Waals surface area (Å²) in [7, 11) is 0. The fourth-order valence-corrected chi connectivity index (χ4v) is 5.86. The minimum atomic E-state index is -1.29. The zero-order valence-corrected chi connectivity index (χ0v) is 23.9. The summed E-state index contributed by atoms with van der Waals surface area (Å²) in [6.07, 6.45) is 0.305. The molecule has 39 heavy (non-hydrogen) atoms. The molecular weight excluding hydrogens is 608 g/mol. The molecule has 0 saturated heterocycles. The third kappa shape index (κ3) is 6.67. The van der Waals surface area contributed by atoms with Crippen molar-refractivity contribution in [1.29, 1.82) is 0 Å². The molecule has 0 unspecified atom stereocenters. The maximum absolute atomic E-state index is 13.1. The van der Waals surface area contributed by atoms with E-state index >= 15 is 0 Å². The fraction of sp³-hybridized carbons (Fsp3) is 0.231. The van der Waals surface area contributed by atoms with Crippen LogP contribution in [0.2, 0.25) is 20.1 Å². The number of nitrogens with zero attached hydrogens (tertiary/aromatic N) is 1. The number of carboxylic acid groups (broad SMARTS) is 1. The zero-order valence-electron chi connectivity index (χ0n) is 20.1. The Morgan fingerprint density at radius 2 is 1.77 bits per heavy atom. The van der Waals surface area contributed by atoms with E-state index in [1.165, 1.54) is 17.4 Å². The predicted molar refractivity (Wildman–Crippen MR) is 152 cm³/mol. The number of aliphatic carboxylic acids is 1. The van der Waals surface area contributed by atoms with E-state index in [4.69, 9.17) is 46.4 Å². The number of halogens is 4. The van der Waals surface area contributed by atoms with Gasteiger partial charge in [0, 0.05) is 25.2 Å². The number of amides is 3. The Kier molecular flexibility index (Phi) is 9.40. The van der Waals surface area contributed by atoms with Crippen LogP contribution in [0.15, 0.2) is 41.8 Å². The molecule has 0 fully saturated rings. The van der Waals surface area contributed by atoms with Crippen LogP contribution in [0.4, 0.5) is 0 Å². The lowest BCUT2D eigenvalue weighted by Gasteiger charge is -2.30. The van der Waals surface area contributed by atoms with Gasteiger partial charge in [0.1, 0.15) is 6.04 Å². The maximum Gasteiger partial charge on any atom is 0.326 e. The van der Waals surface area contributed by atoms with Crippen molar-refractivity contribution in [2.45, 2.75) is 25.4 Å². The monoisotopic (exact) mass is 627 g/mol. The first-order chi connectivity index (χ1) is 18.6. The smallest absolute Gasteiger partial charge is 0.326 e. The van der Waals surface area contributed by atoms with Gasteiger partial charge in [0.15, 0.2) is 0 Å². The summed E-state index contributed by atoms with van der Waals surface area (Å²) in [5.74, 6) is -2.59. The number of carbonyl (C=O) groups excluding carboxylic acids is 3. The van der Waals surface area contributed by atoms with Crippen molar-refractivity contribution >= 4 is 81.4 Å². The third-order valence-electron chi connectivity index (χ3n) is 6.15. The number of carbonyl (C=O) groups is 4. The Morgan fingerprint density at radius 3 is 2.44 bits per heavy atom. The second-order valence-corrected chi connectivity index (χ2v) is 11.2.